The second kappa shape index (κ2) is 7.42. The van der Waals surface area contributed by atoms with Gasteiger partial charge >= 0.3 is 0 Å². The molecule has 1 aromatic carbocycles. The van der Waals surface area contributed by atoms with Crippen molar-refractivity contribution in [2.75, 3.05) is 25.5 Å². The normalized spacial score (nSPS) is 12.5. The molecule has 0 bridgehead atoms. The van der Waals surface area contributed by atoms with Gasteiger partial charge in [-0.2, -0.15) is 0 Å². The molecule has 18 heavy (non-hydrogen) atoms. The van der Waals surface area contributed by atoms with E-state index in [9.17, 15) is 0 Å². The highest BCUT2D eigenvalue weighted by atomic mass is 15.1. The number of hydrogen-bond acceptors (Lipinski definition) is 2. The fourth-order valence-electron chi connectivity index (χ4n) is 2.48. The third-order valence-corrected chi connectivity index (χ3v) is 3.71. The van der Waals surface area contributed by atoms with Gasteiger partial charge in [-0.25, -0.2) is 0 Å². The average Bonchev–Trinajstić information content (AvgIpc) is 2.34. The molecule has 0 saturated carbocycles. The predicted octanol–water partition coefficient (Wildman–Crippen LogP) is 3.52. The lowest BCUT2D eigenvalue weighted by Crippen LogP contribution is -2.26. The zero-order valence-electron chi connectivity index (χ0n) is 12.6. The Hall–Kier alpha value is -1.02. The first-order valence-electron chi connectivity index (χ1n) is 7.04. The molecule has 0 saturated heterocycles. The van der Waals surface area contributed by atoms with Crippen LogP contribution in [-0.2, 0) is 0 Å². The summed E-state index contributed by atoms with van der Waals surface area (Å²) >= 11 is 0. The van der Waals surface area contributed by atoms with Crippen molar-refractivity contribution < 1.29 is 0 Å². The zero-order valence-corrected chi connectivity index (χ0v) is 12.6. The Morgan fingerprint density at radius 2 is 2.00 bits per heavy atom. The van der Waals surface area contributed by atoms with Gasteiger partial charge in [0.05, 0.1) is 0 Å². The molecule has 0 aliphatic carbocycles. The van der Waals surface area contributed by atoms with Crippen LogP contribution in [0.1, 0.15) is 37.3 Å². The zero-order chi connectivity index (χ0) is 13.5. The molecule has 0 aromatic heterocycles. The smallest absolute Gasteiger partial charge is 0.0393 e. The minimum absolute atomic E-state index is 0.664. The third-order valence-electron chi connectivity index (χ3n) is 3.71. The SMILES string of the molecule is CCC(CCCN(C)c1ccc(C)cc1C)NC. The molecule has 2 heteroatoms. The Morgan fingerprint density at radius 1 is 1.28 bits per heavy atom. The topological polar surface area (TPSA) is 15.3 Å². The Labute approximate surface area is 112 Å². The summed E-state index contributed by atoms with van der Waals surface area (Å²) in [6.45, 7) is 7.72. The molecule has 0 aliphatic heterocycles. The molecule has 102 valence electrons. The van der Waals surface area contributed by atoms with E-state index < -0.39 is 0 Å². The van der Waals surface area contributed by atoms with Gasteiger partial charge in [-0.1, -0.05) is 24.6 Å². The molecule has 1 rings (SSSR count). The van der Waals surface area contributed by atoms with Crippen molar-refractivity contribution in [1.82, 2.24) is 5.32 Å². The van der Waals surface area contributed by atoms with Crippen molar-refractivity contribution in [3.05, 3.63) is 29.3 Å². The quantitative estimate of drug-likeness (QED) is 0.794. The maximum atomic E-state index is 3.37. The van der Waals surface area contributed by atoms with Crippen LogP contribution in [0.25, 0.3) is 0 Å². The standard InChI is InChI=1S/C16H28N2/c1-6-15(17-4)8-7-11-18(5)16-10-9-13(2)12-14(16)3/h9-10,12,15,17H,6-8,11H2,1-5H3. The fraction of sp³-hybridized carbons (Fsp3) is 0.625. The van der Waals surface area contributed by atoms with Gasteiger partial charge in [0.25, 0.3) is 0 Å². The molecular weight excluding hydrogens is 220 g/mol. The van der Waals surface area contributed by atoms with E-state index in [2.05, 4.69) is 63.3 Å². The van der Waals surface area contributed by atoms with Gasteiger partial charge < -0.3 is 10.2 Å². The molecule has 0 heterocycles. The number of hydrogen-bond donors (Lipinski definition) is 1. The molecule has 0 spiro atoms. The van der Waals surface area contributed by atoms with Gasteiger partial charge in [0.1, 0.15) is 0 Å². The average molecular weight is 248 g/mol. The number of aryl methyl sites for hydroxylation is 2. The van der Waals surface area contributed by atoms with Gasteiger partial charge in [0.15, 0.2) is 0 Å². The Balaban J connectivity index is 2.47. The number of benzene rings is 1. The number of rotatable bonds is 7. The van der Waals surface area contributed by atoms with E-state index in [4.69, 9.17) is 0 Å². The molecule has 1 atom stereocenters. The summed E-state index contributed by atoms with van der Waals surface area (Å²) < 4.78 is 0. The maximum Gasteiger partial charge on any atom is 0.0393 e. The summed E-state index contributed by atoms with van der Waals surface area (Å²) in [5, 5.41) is 3.37. The van der Waals surface area contributed by atoms with E-state index in [1.54, 1.807) is 0 Å². The summed E-state index contributed by atoms with van der Waals surface area (Å²) in [4.78, 5) is 2.37. The molecule has 0 radical (unpaired) electrons. The molecule has 0 aliphatic rings. The van der Waals surface area contributed by atoms with E-state index in [1.165, 1.54) is 36.1 Å². The largest absolute Gasteiger partial charge is 0.374 e. The highest BCUT2D eigenvalue weighted by molar-refractivity contribution is 5.53. The van der Waals surface area contributed by atoms with Crippen molar-refractivity contribution in [2.45, 2.75) is 46.1 Å². The van der Waals surface area contributed by atoms with Crippen molar-refractivity contribution in [1.29, 1.82) is 0 Å². The summed E-state index contributed by atoms with van der Waals surface area (Å²) in [7, 11) is 4.25. The van der Waals surface area contributed by atoms with Gasteiger partial charge in [-0.05, 0) is 51.8 Å². The van der Waals surface area contributed by atoms with Crippen molar-refractivity contribution in [2.24, 2.45) is 0 Å². The van der Waals surface area contributed by atoms with Crippen LogP contribution in [0.4, 0.5) is 5.69 Å². The predicted molar refractivity (Wildman–Crippen MR) is 81.6 cm³/mol. The van der Waals surface area contributed by atoms with Gasteiger partial charge in [0.2, 0.25) is 0 Å². The second-order valence-electron chi connectivity index (χ2n) is 5.25. The molecule has 2 nitrogen and oxygen atoms in total. The van der Waals surface area contributed by atoms with Crippen molar-refractivity contribution >= 4 is 5.69 Å². The minimum Gasteiger partial charge on any atom is -0.374 e. The first kappa shape index (κ1) is 15.0. The van der Waals surface area contributed by atoms with Crippen LogP contribution in [-0.4, -0.2) is 26.7 Å². The van der Waals surface area contributed by atoms with Crippen LogP contribution < -0.4 is 10.2 Å². The van der Waals surface area contributed by atoms with E-state index in [0.717, 1.165) is 6.54 Å². The van der Waals surface area contributed by atoms with Gasteiger partial charge in [-0.15, -0.1) is 0 Å². The van der Waals surface area contributed by atoms with Crippen LogP contribution in [0.2, 0.25) is 0 Å². The van der Waals surface area contributed by atoms with Gasteiger partial charge in [-0.3, -0.25) is 0 Å². The van der Waals surface area contributed by atoms with Crippen LogP contribution in [0.3, 0.4) is 0 Å². The molecule has 1 aromatic rings. The first-order valence-corrected chi connectivity index (χ1v) is 7.04. The van der Waals surface area contributed by atoms with Crippen LogP contribution in [0.5, 0.6) is 0 Å². The summed E-state index contributed by atoms with van der Waals surface area (Å²) in [5.41, 5.74) is 4.07. The van der Waals surface area contributed by atoms with E-state index in [-0.39, 0.29) is 0 Å². The minimum atomic E-state index is 0.664. The molecule has 1 N–H and O–H groups in total. The lowest BCUT2D eigenvalue weighted by atomic mass is 10.1. The monoisotopic (exact) mass is 248 g/mol. The Kier molecular flexibility index (Phi) is 6.20. The maximum absolute atomic E-state index is 3.37. The van der Waals surface area contributed by atoms with Crippen molar-refractivity contribution in [3.63, 3.8) is 0 Å². The molecule has 1 unspecified atom stereocenters. The summed E-state index contributed by atoms with van der Waals surface area (Å²) in [6.07, 6.45) is 3.70. The lowest BCUT2D eigenvalue weighted by Gasteiger charge is -2.23. The third kappa shape index (κ3) is 4.34. The second-order valence-corrected chi connectivity index (χ2v) is 5.25. The highest BCUT2D eigenvalue weighted by Gasteiger charge is 2.06. The highest BCUT2D eigenvalue weighted by Crippen LogP contribution is 2.20. The lowest BCUT2D eigenvalue weighted by molar-refractivity contribution is 0.492. The first-order chi connectivity index (χ1) is 8.58. The number of nitrogens with zero attached hydrogens (tertiary/aromatic N) is 1. The molecule has 0 amide bonds. The van der Waals surface area contributed by atoms with Gasteiger partial charge in [0, 0.05) is 25.3 Å². The number of anilines is 1. The molecule has 0 fully saturated rings. The van der Waals surface area contributed by atoms with Crippen LogP contribution >= 0.6 is 0 Å². The molecular formula is C16H28N2. The Morgan fingerprint density at radius 3 is 2.56 bits per heavy atom. The Bertz CT molecular complexity index is 356. The summed E-state index contributed by atoms with van der Waals surface area (Å²) in [5.74, 6) is 0. The van der Waals surface area contributed by atoms with Crippen LogP contribution in [0, 0.1) is 13.8 Å². The van der Waals surface area contributed by atoms with E-state index in [1.807, 2.05) is 0 Å². The van der Waals surface area contributed by atoms with E-state index in [0.29, 0.717) is 6.04 Å². The number of nitrogens with one attached hydrogen (secondary N) is 1. The van der Waals surface area contributed by atoms with Crippen LogP contribution in [0.15, 0.2) is 18.2 Å². The van der Waals surface area contributed by atoms with Crippen molar-refractivity contribution in [3.8, 4) is 0 Å². The fourth-order valence-corrected chi connectivity index (χ4v) is 2.48. The summed E-state index contributed by atoms with van der Waals surface area (Å²) in [6, 6.07) is 7.35. The van der Waals surface area contributed by atoms with E-state index >= 15 is 0 Å².